The van der Waals surface area contributed by atoms with Crippen LogP contribution < -0.4 is 10.2 Å². The van der Waals surface area contributed by atoms with Gasteiger partial charge in [-0.2, -0.15) is 5.10 Å². The van der Waals surface area contributed by atoms with Crippen LogP contribution in [0.5, 0.6) is 5.75 Å². The molecule has 1 aromatic carbocycles. The van der Waals surface area contributed by atoms with E-state index in [1.165, 1.54) is 6.21 Å². The molecule has 0 radical (unpaired) electrons. The maximum absolute atomic E-state index is 11.6. The van der Waals surface area contributed by atoms with Crippen molar-refractivity contribution in [1.82, 2.24) is 10.4 Å². The van der Waals surface area contributed by atoms with Crippen LogP contribution in [0.2, 0.25) is 0 Å². The molecule has 0 atom stereocenters. The number of rotatable bonds is 5. The van der Waals surface area contributed by atoms with Crippen molar-refractivity contribution >= 4 is 28.1 Å². The van der Waals surface area contributed by atoms with Crippen LogP contribution >= 0.6 is 15.9 Å². The Labute approximate surface area is 131 Å². The number of amides is 1. The van der Waals surface area contributed by atoms with Gasteiger partial charge < -0.3 is 4.74 Å². The lowest BCUT2D eigenvalue weighted by Crippen LogP contribution is -2.24. The van der Waals surface area contributed by atoms with Crippen LogP contribution in [-0.4, -0.2) is 23.7 Å². The van der Waals surface area contributed by atoms with E-state index in [-0.39, 0.29) is 12.5 Å². The quantitative estimate of drug-likeness (QED) is 0.668. The molecule has 2 aromatic rings. The molecule has 0 unspecified atom stereocenters. The van der Waals surface area contributed by atoms with Gasteiger partial charge in [-0.15, -0.1) is 0 Å². The summed E-state index contributed by atoms with van der Waals surface area (Å²) in [6.07, 6.45) is 3.13. The number of aromatic nitrogens is 1. The second-order valence-electron chi connectivity index (χ2n) is 4.25. The third-order valence-electron chi connectivity index (χ3n) is 2.57. The Bertz CT molecular complexity index is 645. The molecular formula is C15H14BrN3O2. The van der Waals surface area contributed by atoms with Gasteiger partial charge >= 0.3 is 0 Å². The molecule has 1 N–H and O–H groups in total. The van der Waals surface area contributed by atoms with Crippen molar-refractivity contribution < 1.29 is 9.53 Å². The van der Waals surface area contributed by atoms with Gasteiger partial charge in [0.05, 0.1) is 11.9 Å². The number of hydrogen-bond acceptors (Lipinski definition) is 4. The van der Waals surface area contributed by atoms with Gasteiger partial charge in [-0.05, 0) is 42.8 Å². The lowest BCUT2D eigenvalue weighted by molar-refractivity contribution is -0.123. The van der Waals surface area contributed by atoms with Crippen molar-refractivity contribution in [2.75, 3.05) is 6.61 Å². The number of halogens is 1. The van der Waals surface area contributed by atoms with Gasteiger partial charge in [0.2, 0.25) is 0 Å². The SMILES string of the molecule is Cc1cc(OCC(=O)N/N=C/c2ccccn2)ccc1Br. The molecule has 0 aliphatic rings. The van der Waals surface area contributed by atoms with E-state index in [1.54, 1.807) is 18.3 Å². The molecule has 0 saturated carbocycles. The normalized spacial score (nSPS) is 10.6. The minimum Gasteiger partial charge on any atom is -0.484 e. The number of benzene rings is 1. The number of pyridine rings is 1. The van der Waals surface area contributed by atoms with Gasteiger partial charge in [0.25, 0.3) is 5.91 Å². The molecule has 21 heavy (non-hydrogen) atoms. The summed E-state index contributed by atoms with van der Waals surface area (Å²) in [6, 6.07) is 11.0. The average molecular weight is 348 g/mol. The Hall–Kier alpha value is -2.21. The summed E-state index contributed by atoms with van der Waals surface area (Å²) in [6.45, 7) is 1.86. The molecule has 0 aliphatic carbocycles. The van der Waals surface area contributed by atoms with Crippen molar-refractivity contribution in [2.24, 2.45) is 5.10 Å². The van der Waals surface area contributed by atoms with Gasteiger partial charge in [0.15, 0.2) is 6.61 Å². The Balaban J connectivity index is 1.79. The number of nitrogens with zero attached hydrogens (tertiary/aromatic N) is 2. The van der Waals surface area contributed by atoms with Crippen LogP contribution in [0.15, 0.2) is 52.2 Å². The van der Waals surface area contributed by atoms with E-state index in [4.69, 9.17) is 4.74 Å². The van der Waals surface area contributed by atoms with Crippen molar-refractivity contribution in [2.45, 2.75) is 6.92 Å². The predicted molar refractivity (Wildman–Crippen MR) is 84.3 cm³/mol. The highest BCUT2D eigenvalue weighted by Gasteiger charge is 2.02. The number of hydrazone groups is 1. The van der Waals surface area contributed by atoms with Gasteiger partial charge in [0.1, 0.15) is 5.75 Å². The van der Waals surface area contributed by atoms with Crippen molar-refractivity contribution in [3.8, 4) is 5.75 Å². The first-order chi connectivity index (χ1) is 10.1. The van der Waals surface area contributed by atoms with E-state index in [9.17, 15) is 4.79 Å². The first kappa shape index (κ1) is 15.2. The lowest BCUT2D eigenvalue weighted by Gasteiger charge is -2.06. The van der Waals surface area contributed by atoms with Crippen LogP contribution in [0, 0.1) is 6.92 Å². The Kier molecular flexibility index (Phi) is 5.45. The molecular weight excluding hydrogens is 334 g/mol. The molecule has 0 aliphatic heterocycles. The third-order valence-corrected chi connectivity index (χ3v) is 3.46. The van der Waals surface area contributed by atoms with Gasteiger partial charge in [-0.1, -0.05) is 22.0 Å². The van der Waals surface area contributed by atoms with E-state index in [1.807, 2.05) is 31.2 Å². The fourth-order valence-electron chi connectivity index (χ4n) is 1.51. The highest BCUT2D eigenvalue weighted by molar-refractivity contribution is 9.10. The van der Waals surface area contributed by atoms with Crippen LogP contribution in [0.4, 0.5) is 0 Å². The zero-order chi connectivity index (χ0) is 15.1. The van der Waals surface area contributed by atoms with Gasteiger partial charge in [-0.3, -0.25) is 9.78 Å². The maximum Gasteiger partial charge on any atom is 0.277 e. The zero-order valence-electron chi connectivity index (χ0n) is 11.4. The zero-order valence-corrected chi connectivity index (χ0v) is 13.0. The molecule has 0 bridgehead atoms. The monoisotopic (exact) mass is 347 g/mol. The number of carbonyl (C=O) groups excluding carboxylic acids is 1. The van der Waals surface area contributed by atoms with Crippen molar-refractivity contribution in [1.29, 1.82) is 0 Å². The number of aryl methyl sites for hydroxylation is 1. The van der Waals surface area contributed by atoms with E-state index < -0.39 is 0 Å². The van der Waals surface area contributed by atoms with Crippen LogP contribution in [0.1, 0.15) is 11.3 Å². The molecule has 2 rings (SSSR count). The first-order valence-corrected chi connectivity index (χ1v) is 7.06. The van der Waals surface area contributed by atoms with Crippen LogP contribution in [0.25, 0.3) is 0 Å². The molecule has 5 nitrogen and oxygen atoms in total. The van der Waals surface area contributed by atoms with E-state index >= 15 is 0 Å². The van der Waals surface area contributed by atoms with Gasteiger partial charge in [0, 0.05) is 10.7 Å². The summed E-state index contributed by atoms with van der Waals surface area (Å²) in [4.78, 5) is 15.6. The van der Waals surface area contributed by atoms with Crippen LogP contribution in [-0.2, 0) is 4.79 Å². The summed E-state index contributed by atoms with van der Waals surface area (Å²) < 4.78 is 6.38. The van der Waals surface area contributed by atoms with E-state index in [0.717, 1.165) is 10.0 Å². The first-order valence-electron chi connectivity index (χ1n) is 6.27. The third kappa shape index (κ3) is 5.00. The number of carbonyl (C=O) groups is 1. The largest absolute Gasteiger partial charge is 0.484 e. The molecule has 1 aromatic heterocycles. The topological polar surface area (TPSA) is 63.6 Å². The summed E-state index contributed by atoms with van der Waals surface area (Å²) in [5.74, 6) is 0.308. The Morgan fingerprint density at radius 2 is 2.29 bits per heavy atom. The minimum atomic E-state index is -0.331. The molecule has 0 spiro atoms. The Morgan fingerprint density at radius 3 is 3.00 bits per heavy atom. The second kappa shape index (κ2) is 7.54. The van der Waals surface area contributed by atoms with Gasteiger partial charge in [-0.25, -0.2) is 5.43 Å². The fraction of sp³-hybridized carbons (Fsp3) is 0.133. The molecule has 0 saturated heterocycles. The van der Waals surface area contributed by atoms with E-state index in [0.29, 0.717) is 11.4 Å². The van der Waals surface area contributed by atoms with Crippen LogP contribution in [0.3, 0.4) is 0 Å². The smallest absolute Gasteiger partial charge is 0.277 e. The number of nitrogens with one attached hydrogen (secondary N) is 1. The highest BCUT2D eigenvalue weighted by atomic mass is 79.9. The standard InChI is InChI=1S/C15H14BrN3O2/c1-11-8-13(5-6-14(11)16)21-10-15(20)19-18-9-12-4-2-3-7-17-12/h2-9H,10H2,1H3,(H,19,20)/b18-9+. The average Bonchev–Trinajstić information content (AvgIpc) is 2.49. The summed E-state index contributed by atoms with van der Waals surface area (Å²) >= 11 is 3.41. The summed E-state index contributed by atoms with van der Waals surface area (Å²) in [7, 11) is 0. The minimum absolute atomic E-state index is 0.0966. The molecule has 0 fully saturated rings. The highest BCUT2D eigenvalue weighted by Crippen LogP contribution is 2.21. The molecule has 1 amide bonds. The summed E-state index contributed by atoms with van der Waals surface area (Å²) in [5, 5.41) is 3.81. The predicted octanol–water partition coefficient (Wildman–Crippen LogP) is 2.68. The number of hydrogen-bond donors (Lipinski definition) is 1. The lowest BCUT2D eigenvalue weighted by atomic mass is 10.2. The molecule has 108 valence electrons. The van der Waals surface area contributed by atoms with E-state index in [2.05, 4.69) is 31.4 Å². The van der Waals surface area contributed by atoms with Crippen molar-refractivity contribution in [3.63, 3.8) is 0 Å². The summed E-state index contributed by atoms with van der Waals surface area (Å²) in [5.41, 5.74) is 4.10. The molecule has 6 heteroatoms. The fourth-order valence-corrected chi connectivity index (χ4v) is 1.76. The second-order valence-corrected chi connectivity index (χ2v) is 5.10. The number of ether oxygens (including phenoxy) is 1. The molecule has 1 heterocycles. The van der Waals surface area contributed by atoms with Crippen molar-refractivity contribution in [3.05, 3.63) is 58.3 Å². The maximum atomic E-state index is 11.6. The Morgan fingerprint density at radius 1 is 1.43 bits per heavy atom.